The smallest absolute Gasteiger partial charge is 0.327 e. The Bertz CT molecular complexity index is 290. The molecule has 0 unspecified atom stereocenters. The van der Waals surface area contributed by atoms with Gasteiger partial charge < -0.3 is 9.84 Å². The maximum absolute atomic E-state index is 11.2. The van der Waals surface area contributed by atoms with Gasteiger partial charge in [0.05, 0.1) is 13.0 Å². The van der Waals surface area contributed by atoms with Gasteiger partial charge in [0.1, 0.15) is 0 Å². The number of hydrogen-bond acceptors (Lipinski definition) is 3. The maximum Gasteiger partial charge on any atom is 0.327 e. The molecule has 0 bridgehead atoms. The molecule has 0 aromatic heterocycles. The van der Waals surface area contributed by atoms with Crippen molar-refractivity contribution in [3.05, 3.63) is 12.2 Å². The summed E-state index contributed by atoms with van der Waals surface area (Å²) in [5, 5.41) is 8.44. The number of methoxy groups -OCH3 is 1. The number of carbonyl (C=O) groups excluding carboxylic acids is 1. The predicted octanol–water partition coefficient (Wildman–Crippen LogP) is 1.07. The third-order valence-electron chi connectivity index (χ3n) is 2.81. The van der Waals surface area contributed by atoms with Crippen LogP contribution in [0.2, 0.25) is 0 Å². The fraction of sp³-hybridized carbons (Fsp3) is 0.600. The lowest BCUT2D eigenvalue weighted by Gasteiger charge is -1.98. The van der Waals surface area contributed by atoms with Crippen LogP contribution in [-0.4, -0.2) is 24.2 Å². The molecule has 1 aliphatic rings. The first-order valence-corrected chi connectivity index (χ1v) is 4.40. The molecule has 1 fully saturated rings. The van der Waals surface area contributed by atoms with Crippen LogP contribution in [0.3, 0.4) is 0 Å². The second kappa shape index (κ2) is 3.44. The van der Waals surface area contributed by atoms with Gasteiger partial charge in [-0.3, -0.25) is 4.79 Å². The molecule has 1 N–H and O–H groups in total. The molecule has 2 atom stereocenters. The Labute approximate surface area is 82.6 Å². The molecular weight excluding hydrogens is 184 g/mol. The van der Waals surface area contributed by atoms with E-state index in [1.54, 1.807) is 6.08 Å². The standard InChI is InChI=1S/C10H14O4/c1-10(2)6(4-5-7(11)12)8(10)9(13)14-3/h4-6,8H,1-3H3,(H,11,12)/b5-4-/t6-,8-/m0/s1. The molecule has 1 saturated carbocycles. The number of carboxylic acid groups (broad SMARTS) is 1. The van der Waals surface area contributed by atoms with Gasteiger partial charge in [-0.15, -0.1) is 0 Å². The number of esters is 1. The van der Waals surface area contributed by atoms with Crippen LogP contribution < -0.4 is 0 Å². The zero-order valence-electron chi connectivity index (χ0n) is 8.48. The van der Waals surface area contributed by atoms with Gasteiger partial charge in [-0.1, -0.05) is 19.9 Å². The van der Waals surface area contributed by atoms with E-state index in [1.807, 2.05) is 13.8 Å². The molecule has 4 heteroatoms. The Kier molecular flexibility index (Phi) is 2.64. The van der Waals surface area contributed by atoms with Gasteiger partial charge >= 0.3 is 11.9 Å². The Morgan fingerprint density at radius 3 is 2.43 bits per heavy atom. The summed E-state index contributed by atoms with van der Waals surface area (Å²) < 4.78 is 4.63. The topological polar surface area (TPSA) is 63.6 Å². The molecule has 14 heavy (non-hydrogen) atoms. The van der Waals surface area contributed by atoms with Crippen LogP contribution in [0.1, 0.15) is 13.8 Å². The number of allylic oxidation sites excluding steroid dienone is 1. The average Bonchev–Trinajstić information content (AvgIpc) is 2.63. The van der Waals surface area contributed by atoms with Crippen molar-refractivity contribution in [2.45, 2.75) is 13.8 Å². The third kappa shape index (κ3) is 1.78. The summed E-state index contributed by atoms with van der Waals surface area (Å²) in [7, 11) is 1.34. The highest BCUT2D eigenvalue weighted by Gasteiger charge is 2.61. The van der Waals surface area contributed by atoms with E-state index in [9.17, 15) is 9.59 Å². The molecule has 0 heterocycles. The number of hydrogen-bond donors (Lipinski definition) is 1. The number of rotatable bonds is 3. The number of carboxylic acids is 1. The fourth-order valence-electron chi connectivity index (χ4n) is 1.80. The molecule has 0 aromatic carbocycles. The lowest BCUT2D eigenvalue weighted by atomic mass is 10.1. The Morgan fingerprint density at radius 2 is 2.00 bits per heavy atom. The van der Waals surface area contributed by atoms with E-state index in [0.29, 0.717) is 0 Å². The summed E-state index contributed by atoms with van der Waals surface area (Å²) in [6.07, 6.45) is 2.64. The van der Waals surface area contributed by atoms with Crippen LogP contribution in [-0.2, 0) is 14.3 Å². The first-order chi connectivity index (χ1) is 6.41. The highest BCUT2D eigenvalue weighted by atomic mass is 16.5. The van der Waals surface area contributed by atoms with Crippen LogP contribution in [0.25, 0.3) is 0 Å². The van der Waals surface area contributed by atoms with Gasteiger partial charge in [-0.05, 0) is 11.3 Å². The van der Waals surface area contributed by atoms with Crippen LogP contribution in [0, 0.1) is 17.3 Å². The lowest BCUT2D eigenvalue weighted by molar-refractivity contribution is -0.143. The summed E-state index contributed by atoms with van der Waals surface area (Å²) in [5.74, 6) is -1.49. The number of carbonyl (C=O) groups is 2. The maximum atomic E-state index is 11.2. The molecule has 1 rings (SSSR count). The third-order valence-corrected chi connectivity index (χ3v) is 2.81. The summed E-state index contributed by atoms with van der Waals surface area (Å²) in [5.41, 5.74) is -0.182. The zero-order valence-corrected chi connectivity index (χ0v) is 8.48. The van der Waals surface area contributed by atoms with Gasteiger partial charge in [0.25, 0.3) is 0 Å². The van der Waals surface area contributed by atoms with Crippen molar-refractivity contribution in [2.75, 3.05) is 7.11 Å². The van der Waals surface area contributed by atoms with Crippen molar-refractivity contribution in [1.29, 1.82) is 0 Å². The van der Waals surface area contributed by atoms with Gasteiger partial charge in [-0.2, -0.15) is 0 Å². The minimum Gasteiger partial charge on any atom is -0.478 e. The van der Waals surface area contributed by atoms with E-state index in [-0.39, 0.29) is 23.2 Å². The summed E-state index contributed by atoms with van der Waals surface area (Å²) in [6, 6.07) is 0. The second-order valence-corrected chi connectivity index (χ2v) is 4.05. The van der Waals surface area contributed by atoms with Crippen molar-refractivity contribution in [3.8, 4) is 0 Å². The van der Waals surface area contributed by atoms with Crippen molar-refractivity contribution in [2.24, 2.45) is 17.3 Å². The van der Waals surface area contributed by atoms with E-state index in [1.165, 1.54) is 7.11 Å². The Hall–Kier alpha value is -1.32. The first kappa shape index (κ1) is 10.8. The minimum atomic E-state index is -0.990. The molecule has 0 aliphatic heterocycles. The first-order valence-electron chi connectivity index (χ1n) is 4.40. The highest BCUT2D eigenvalue weighted by Crippen LogP contribution is 2.59. The molecule has 0 spiro atoms. The van der Waals surface area contributed by atoms with Crippen molar-refractivity contribution >= 4 is 11.9 Å². The monoisotopic (exact) mass is 198 g/mol. The number of ether oxygens (including phenoxy) is 1. The van der Waals surface area contributed by atoms with E-state index in [4.69, 9.17) is 5.11 Å². The quantitative estimate of drug-likeness (QED) is 0.544. The minimum absolute atomic E-state index is 0.0222. The van der Waals surface area contributed by atoms with E-state index < -0.39 is 5.97 Å². The highest BCUT2D eigenvalue weighted by molar-refractivity contribution is 5.81. The Morgan fingerprint density at radius 1 is 1.43 bits per heavy atom. The molecule has 0 aromatic rings. The van der Waals surface area contributed by atoms with Gasteiger partial charge in [0, 0.05) is 6.08 Å². The van der Waals surface area contributed by atoms with Crippen LogP contribution in [0.5, 0.6) is 0 Å². The van der Waals surface area contributed by atoms with Crippen LogP contribution in [0.4, 0.5) is 0 Å². The largest absolute Gasteiger partial charge is 0.478 e. The van der Waals surface area contributed by atoms with E-state index in [0.717, 1.165) is 6.08 Å². The molecule has 4 nitrogen and oxygen atoms in total. The van der Waals surface area contributed by atoms with Crippen molar-refractivity contribution in [3.63, 3.8) is 0 Å². The summed E-state index contributed by atoms with van der Waals surface area (Å²) in [6.45, 7) is 3.84. The van der Waals surface area contributed by atoms with Crippen molar-refractivity contribution < 1.29 is 19.4 Å². The van der Waals surface area contributed by atoms with Gasteiger partial charge in [-0.25, -0.2) is 4.79 Å². The fourth-order valence-corrected chi connectivity index (χ4v) is 1.80. The van der Waals surface area contributed by atoms with Gasteiger partial charge in [0.2, 0.25) is 0 Å². The SMILES string of the molecule is COC(=O)[C@@H]1[C@H](/C=C\C(=O)O)C1(C)C. The molecule has 78 valence electrons. The predicted molar refractivity (Wildman–Crippen MR) is 49.6 cm³/mol. The van der Waals surface area contributed by atoms with Crippen molar-refractivity contribution in [1.82, 2.24) is 0 Å². The molecule has 1 aliphatic carbocycles. The van der Waals surface area contributed by atoms with Crippen LogP contribution in [0.15, 0.2) is 12.2 Å². The summed E-state index contributed by atoms with van der Waals surface area (Å²) in [4.78, 5) is 21.5. The normalized spacial score (nSPS) is 28.8. The molecule has 0 saturated heterocycles. The summed E-state index contributed by atoms with van der Waals surface area (Å²) >= 11 is 0. The average molecular weight is 198 g/mol. The van der Waals surface area contributed by atoms with Gasteiger partial charge in [0.15, 0.2) is 0 Å². The van der Waals surface area contributed by atoms with E-state index >= 15 is 0 Å². The number of aliphatic carboxylic acids is 1. The lowest BCUT2D eigenvalue weighted by Crippen LogP contribution is -2.07. The Balaban J connectivity index is 2.66. The zero-order chi connectivity index (χ0) is 10.9. The molecule has 0 radical (unpaired) electrons. The molecule has 0 amide bonds. The molecular formula is C10H14O4. The van der Waals surface area contributed by atoms with Crippen LogP contribution >= 0.6 is 0 Å². The second-order valence-electron chi connectivity index (χ2n) is 4.05. The van der Waals surface area contributed by atoms with E-state index in [2.05, 4.69) is 4.74 Å².